The van der Waals surface area contributed by atoms with Crippen molar-refractivity contribution < 1.29 is 28.8 Å². The van der Waals surface area contributed by atoms with Crippen LogP contribution in [0.25, 0.3) is 0 Å². The number of nitro benzene ring substituents is 1. The molecule has 11 heteroatoms. The normalized spacial score (nSPS) is 13.9. The van der Waals surface area contributed by atoms with Gasteiger partial charge in [-0.15, -0.1) is 0 Å². The lowest BCUT2D eigenvalue weighted by molar-refractivity contribution is -0.384. The van der Waals surface area contributed by atoms with E-state index in [1.807, 2.05) is 6.92 Å². The van der Waals surface area contributed by atoms with E-state index in [1.54, 1.807) is 0 Å². The molecular formula is C16H18N4O7. The van der Waals surface area contributed by atoms with Gasteiger partial charge in [-0.05, 0) is 12.5 Å². The van der Waals surface area contributed by atoms with E-state index in [0.717, 1.165) is 17.4 Å². The number of carbonyl (C=O) groups is 4. The number of non-ortho nitro benzene ring substituents is 1. The van der Waals surface area contributed by atoms with E-state index in [9.17, 15) is 29.3 Å². The minimum absolute atomic E-state index is 0.00459. The van der Waals surface area contributed by atoms with Crippen LogP contribution < -0.4 is 10.1 Å². The zero-order valence-corrected chi connectivity index (χ0v) is 14.8. The van der Waals surface area contributed by atoms with Gasteiger partial charge in [0.1, 0.15) is 12.3 Å². The third-order valence-corrected chi connectivity index (χ3v) is 3.84. The predicted molar refractivity (Wildman–Crippen MR) is 92.0 cm³/mol. The quantitative estimate of drug-likeness (QED) is 0.309. The SMILES string of the molecule is CCCCN1C(=O)C(=O)N(CC(=O)Nc2cc([N+](=O)[O-])ccc2OC)C1=O. The van der Waals surface area contributed by atoms with Crippen LogP contribution in [0.15, 0.2) is 18.2 Å². The van der Waals surface area contributed by atoms with Gasteiger partial charge in [0.15, 0.2) is 0 Å². The van der Waals surface area contributed by atoms with Gasteiger partial charge in [-0.2, -0.15) is 0 Å². The number of unbranched alkanes of at least 4 members (excludes halogenated alkanes) is 1. The summed E-state index contributed by atoms with van der Waals surface area (Å²) in [5.41, 5.74) is -0.273. The largest absolute Gasteiger partial charge is 0.495 e. The van der Waals surface area contributed by atoms with Crippen LogP contribution in [0.5, 0.6) is 5.75 Å². The molecule has 0 radical (unpaired) electrons. The molecule has 5 amide bonds. The Kier molecular flexibility index (Phi) is 6.06. The maximum Gasteiger partial charge on any atom is 0.334 e. The molecule has 1 N–H and O–H groups in total. The monoisotopic (exact) mass is 378 g/mol. The summed E-state index contributed by atoms with van der Waals surface area (Å²) in [5.74, 6) is -2.71. The molecule has 144 valence electrons. The summed E-state index contributed by atoms with van der Waals surface area (Å²) in [5, 5.41) is 13.2. The van der Waals surface area contributed by atoms with Crippen molar-refractivity contribution in [2.24, 2.45) is 0 Å². The number of hydrogen-bond donors (Lipinski definition) is 1. The highest BCUT2D eigenvalue weighted by Gasteiger charge is 2.44. The topological polar surface area (TPSA) is 139 Å². The van der Waals surface area contributed by atoms with E-state index in [2.05, 4.69) is 5.32 Å². The van der Waals surface area contributed by atoms with E-state index >= 15 is 0 Å². The number of carbonyl (C=O) groups excluding carboxylic acids is 4. The number of imide groups is 2. The Morgan fingerprint density at radius 1 is 1.22 bits per heavy atom. The predicted octanol–water partition coefficient (Wildman–Crippen LogP) is 1.13. The fourth-order valence-electron chi connectivity index (χ4n) is 2.44. The average molecular weight is 378 g/mol. The number of nitrogens with one attached hydrogen (secondary N) is 1. The molecule has 0 aromatic heterocycles. The molecule has 0 bridgehead atoms. The number of amides is 5. The molecular weight excluding hydrogens is 360 g/mol. The fourth-order valence-corrected chi connectivity index (χ4v) is 2.44. The van der Waals surface area contributed by atoms with Crippen molar-refractivity contribution in [3.63, 3.8) is 0 Å². The van der Waals surface area contributed by atoms with Crippen LogP contribution in [0.2, 0.25) is 0 Å². The molecule has 0 atom stereocenters. The summed E-state index contributed by atoms with van der Waals surface area (Å²) in [6, 6.07) is 2.73. The van der Waals surface area contributed by atoms with E-state index < -0.39 is 35.2 Å². The van der Waals surface area contributed by atoms with Crippen molar-refractivity contribution in [2.75, 3.05) is 25.5 Å². The van der Waals surface area contributed by atoms with E-state index in [1.165, 1.54) is 19.2 Å². The van der Waals surface area contributed by atoms with Crippen LogP contribution in [0.4, 0.5) is 16.2 Å². The van der Waals surface area contributed by atoms with Crippen molar-refractivity contribution in [2.45, 2.75) is 19.8 Å². The van der Waals surface area contributed by atoms with Gasteiger partial charge in [0.25, 0.3) is 5.69 Å². The number of benzene rings is 1. The summed E-state index contributed by atoms with van der Waals surface area (Å²) in [6.45, 7) is 1.26. The first-order valence-corrected chi connectivity index (χ1v) is 8.09. The van der Waals surface area contributed by atoms with Crippen LogP contribution >= 0.6 is 0 Å². The van der Waals surface area contributed by atoms with Gasteiger partial charge in [-0.25, -0.2) is 9.69 Å². The fraction of sp³-hybridized carbons (Fsp3) is 0.375. The first-order chi connectivity index (χ1) is 12.8. The number of urea groups is 1. The first-order valence-electron chi connectivity index (χ1n) is 8.09. The Morgan fingerprint density at radius 3 is 2.48 bits per heavy atom. The van der Waals surface area contributed by atoms with Crippen LogP contribution in [0, 0.1) is 10.1 Å². The Balaban J connectivity index is 2.13. The number of rotatable bonds is 8. The van der Waals surface area contributed by atoms with Crippen LogP contribution in [-0.4, -0.2) is 58.7 Å². The van der Waals surface area contributed by atoms with E-state index in [4.69, 9.17) is 4.74 Å². The molecule has 1 saturated heterocycles. The van der Waals surface area contributed by atoms with Crippen LogP contribution in [-0.2, 0) is 14.4 Å². The second-order valence-corrected chi connectivity index (χ2v) is 5.67. The highest BCUT2D eigenvalue weighted by Crippen LogP contribution is 2.29. The van der Waals surface area contributed by atoms with Crippen molar-refractivity contribution in [1.29, 1.82) is 0 Å². The molecule has 0 aliphatic carbocycles. The number of anilines is 1. The molecule has 11 nitrogen and oxygen atoms in total. The molecule has 1 aromatic carbocycles. The number of methoxy groups -OCH3 is 1. The molecule has 1 aliphatic heterocycles. The summed E-state index contributed by atoms with van der Waals surface area (Å²) in [6.07, 6.45) is 1.26. The van der Waals surface area contributed by atoms with Crippen LogP contribution in [0.3, 0.4) is 0 Å². The Labute approximate surface area is 154 Å². The second kappa shape index (κ2) is 8.25. The maximum absolute atomic E-state index is 12.2. The molecule has 1 aromatic rings. The zero-order valence-electron chi connectivity index (χ0n) is 14.8. The summed E-state index contributed by atoms with van der Waals surface area (Å²) >= 11 is 0. The first kappa shape index (κ1) is 19.8. The lowest BCUT2D eigenvalue weighted by atomic mass is 10.2. The molecule has 27 heavy (non-hydrogen) atoms. The lowest BCUT2D eigenvalue weighted by Gasteiger charge is -2.15. The van der Waals surface area contributed by atoms with Crippen molar-refractivity contribution in [3.8, 4) is 5.75 Å². The molecule has 0 saturated carbocycles. The van der Waals surface area contributed by atoms with Crippen LogP contribution in [0.1, 0.15) is 19.8 Å². The molecule has 0 unspecified atom stereocenters. The van der Waals surface area contributed by atoms with Crippen molar-refractivity contribution >= 4 is 35.1 Å². The van der Waals surface area contributed by atoms with Gasteiger partial charge in [0.2, 0.25) is 5.91 Å². The number of hydrogen-bond acceptors (Lipinski definition) is 7. The molecule has 1 aliphatic rings. The van der Waals surface area contributed by atoms with E-state index in [0.29, 0.717) is 11.3 Å². The highest BCUT2D eigenvalue weighted by atomic mass is 16.6. The number of ether oxygens (including phenoxy) is 1. The summed E-state index contributed by atoms with van der Waals surface area (Å²) < 4.78 is 5.02. The summed E-state index contributed by atoms with van der Waals surface area (Å²) in [4.78, 5) is 59.8. The molecule has 1 heterocycles. The van der Waals surface area contributed by atoms with E-state index in [-0.39, 0.29) is 23.7 Å². The Hall–Kier alpha value is -3.50. The van der Waals surface area contributed by atoms with Crippen molar-refractivity contribution in [1.82, 2.24) is 9.80 Å². The van der Waals surface area contributed by atoms with Gasteiger partial charge in [0, 0.05) is 18.7 Å². The van der Waals surface area contributed by atoms with Gasteiger partial charge < -0.3 is 10.1 Å². The molecule has 1 fully saturated rings. The van der Waals surface area contributed by atoms with Crippen molar-refractivity contribution in [3.05, 3.63) is 28.3 Å². The minimum atomic E-state index is -1.09. The third kappa shape index (κ3) is 4.19. The van der Waals surface area contributed by atoms with Gasteiger partial charge in [0.05, 0.1) is 17.7 Å². The summed E-state index contributed by atoms with van der Waals surface area (Å²) in [7, 11) is 1.31. The highest BCUT2D eigenvalue weighted by molar-refractivity contribution is 6.45. The smallest absolute Gasteiger partial charge is 0.334 e. The van der Waals surface area contributed by atoms with Gasteiger partial charge in [-0.1, -0.05) is 13.3 Å². The standard InChI is InChI=1S/C16H18N4O7/c1-3-4-7-18-14(22)15(23)19(16(18)24)9-13(21)17-11-8-10(20(25)26)5-6-12(11)27-2/h5-6,8H,3-4,7,9H2,1-2H3,(H,17,21). The average Bonchev–Trinajstić information content (AvgIpc) is 2.83. The number of nitro groups is 1. The molecule has 2 rings (SSSR count). The Bertz CT molecular complexity index is 808. The number of nitrogens with zero attached hydrogens (tertiary/aromatic N) is 3. The van der Waals surface area contributed by atoms with Gasteiger partial charge >= 0.3 is 17.8 Å². The van der Waals surface area contributed by atoms with Gasteiger partial charge in [-0.3, -0.25) is 29.4 Å². The Morgan fingerprint density at radius 2 is 1.89 bits per heavy atom. The maximum atomic E-state index is 12.2. The minimum Gasteiger partial charge on any atom is -0.495 e. The lowest BCUT2D eigenvalue weighted by Crippen LogP contribution is -2.39. The second-order valence-electron chi connectivity index (χ2n) is 5.67. The third-order valence-electron chi connectivity index (χ3n) is 3.84. The zero-order chi connectivity index (χ0) is 20.1. The molecule has 0 spiro atoms.